The normalized spacial score (nSPS) is 13.8. The molecule has 278 valence electrons. The van der Waals surface area contributed by atoms with Gasteiger partial charge in [-0.2, -0.15) is 0 Å². The molecule has 60 heavy (non-hydrogen) atoms. The Morgan fingerprint density at radius 2 is 0.717 bits per heavy atom. The van der Waals surface area contributed by atoms with Crippen molar-refractivity contribution in [1.29, 1.82) is 0 Å². The molecule has 0 spiro atoms. The molecule has 0 saturated heterocycles. The van der Waals surface area contributed by atoms with Crippen molar-refractivity contribution in [3.8, 4) is 0 Å². The fourth-order valence-corrected chi connectivity index (χ4v) is 10.0. The first-order chi connectivity index (χ1) is 29.8. The van der Waals surface area contributed by atoms with Gasteiger partial charge in [0.2, 0.25) is 0 Å². The van der Waals surface area contributed by atoms with E-state index in [1.165, 1.54) is 5.46 Å². The van der Waals surface area contributed by atoms with E-state index < -0.39 is 0 Å². The molecule has 0 fully saturated rings. The van der Waals surface area contributed by atoms with Crippen LogP contribution in [0.1, 0.15) is 0 Å². The molecular formula is C50H32B2N8. The van der Waals surface area contributed by atoms with E-state index in [-0.39, 0.29) is 13.4 Å². The molecule has 4 aliphatic heterocycles. The molecule has 10 heteroatoms. The third kappa shape index (κ3) is 4.58. The number of hydrogen-bond donors (Lipinski definition) is 0. The number of benzene rings is 5. The Kier molecular flexibility index (Phi) is 7.03. The van der Waals surface area contributed by atoms with Crippen LogP contribution < -0.4 is 52.4 Å². The van der Waals surface area contributed by atoms with Crippen molar-refractivity contribution in [2.45, 2.75) is 0 Å². The van der Waals surface area contributed by atoms with Crippen molar-refractivity contribution in [3.05, 3.63) is 195 Å². The van der Waals surface area contributed by atoms with Crippen molar-refractivity contribution in [2.75, 3.05) is 19.6 Å². The molecule has 0 atom stereocenters. The number of fused-ring (bicyclic) bond motifs is 8. The highest BCUT2D eigenvalue weighted by Crippen LogP contribution is 2.45. The van der Waals surface area contributed by atoms with Crippen molar-refractivity contribution >= 4 is 115 Å². The first-order valence-corrected chi connectivity index (χ1v) is 20.3. The lowest BCUT2D eigenvalue weighted by molar-refractivity contribution is 1.10. The topological polar surface area (TPSA) is 64.5 Å². The van der Waals surface area contributed by atoms with Gasteiger partial charge < -0.3 is 0 Å². The summed E-state index contributed by atoms with van der Waals surface area (Å²) in [7, 11) is 0. The maximum atomic E-state index is 5.92. The zero-order chi connectivity index (χ0) is 39.3. The number of para-hydroxylation sites is 5. The van der Waals surface area contributed by atoms with E-state index in [2.05, 4.69) is 196 Å². The van der Waals surface area contributed by atoms with Gasteiger partial charge in [0.25, 0.3) is 13.4 Å². The van der Waals surface area contributed by atoms with Crippen LogP contribution in [-0.4, -0.2) is 33.4 Å². The molecule has 4 aliphatic rings. The Morgan fingerprint density at radius 1 is 0.300 bits per heavy atom. The van der Waals surface area contributed by atoms with Gasteiger partial charge in [-0.3, -0.25) is 19.6 Å². The van der Waals surface area contributed by atoms with Crippen LogP contribution in [0.3, 0.4) is 0 Å². The predicted octanol–water partition coefficient (Wildman–Crippen LogP) is 7.43. The molecule has 0 saturated carbocycles. The number of rotatable bonds is 4. The van der Waals surface area contributed by atoms with Gasteiger partial charge in [0.1, 0.15) is 29.1 Å². The second-order valence-corrected chi connectivity index (χ2v) is 15.5. The minimum Gasteiger partial charge on any atom is -0.296 e. The predicted molar refractivity (Wildman–Crippen MR) is 246 cm³/mol. The van der Waals surface area contributed by atoms with Crippen LogP contribution in [-0.2, 0) is 0 Å². The van der Waals surface area contributed by atoms with Crippen LogP contribution in [0.15, 0.2) is 195 Å². The van der Waals surface area contributed by atoms with Gasteiger partial charge in [-0.25, -0.2) is 19.9 Å². The average molecular weight is 766 g/mol. The van der Waals surface area contributed by atoms with Gasteiger partial charge in [0.05, 0.1) is 0 Å². The third-order valence-corrected chi connectivity index (χ3v) is 12.3. The highest BCUT2D eigenvalue weighted by Gasteiger charge is 2.49. The molecule has 4 aromatic heterocycles. The lowest BCUT2D eigenvalue weighted by Crippen LogP contribution is -2.66. The van der Waals surface area contributed by atoms with E-state index >= 15 is 0 Å². The maximum absolute atomic E-state index is 5.92. The quantitative estimate of drug-likeness (QED) is 0.172. The second-order valence-electron chi connectivity index (χ2n) is 15.5. The van der Waals surface area contributed by atoms with Crippen LogP contribution in [0.4, 0.5) is 68.9 Å². The highest BCUT2D eigenvalue weighted by atomic mass is 15.3. The molecule has 0 unspecified atom stereocenters. The molecule has 0 aliphatic carbocycles. The first-order valence-electron chi connectivity index (χ1n) is 20.3. The van der Waals surface area contributed by atoms with E-state index in [1.807, 2.05) is 18.6 Å². The van der Waals surface area contributed by atoms with Gasteiger partial charge >= 0.3 is 0 Å². The molecule has 13 rings (SSSR count). The van der Waals surface area contributed by atoms with Crippen molar-refractivity contribution in [2.24, 2.45) is 0 Å². The van der Waals surface area contributed by atoms with Crippen LogP contribution in [0.2, 0.25) is 0 Å². The summed E-state index contributed by atoms with van der Waals surface area (Å²) in [5.74, 6) is 4.40. The Morgan fingerprint density at radius 3 is 1.30 bits per heavy atom. The molecule has 5 aromatic carbocycles. The monoisotopic (exact) mass is 766 g/mol. The summed E-state index contributed by atoms with van der Waals surface area (Å²) in [6, 6.07) is 62.0. The second kappa shape index (κ2) is 12.8. The summed E-state index contributed by atoms with van der Waals surface area (Å²) in [4.78, 5) is 30.7. The summed E-state index contributed by atoms with van der Waals surface area (Å²) in [5, 5.41) is 0. The molecule has 0 N–H and O–H groups in total. The fourth-order valence-electron chi connectivity index (χ4n) is 10.0. The van der Waals surface area contributed by atoms with Crippen LogP contribution >= 0.6 is 0 Å². The Labute approximate surface area is 347 Å². The third-order valence-electron chi connectivity index (χ3n) is 12.3. The summed E-state index contributed by atoms with van der Waals surface area (Å²) in [5.41, 5.74) is 14.2. The average Bonchev–Trinajstić information content (AvgIpc) is 3.32. The Bertz CT molecular complexity index is 2940. The molecule has 8 nitrogen and oxygen atoms in total. The SMILES string of the molecule is c1ccc(N2c3ccnc4c3B(c3ccccc3N4c3ccccc3)c3cc4c(nc32)N(c2ccccc2)c2nccc3c2B4c2cccnc2N3c2ccccc2)cc1. The van der Waals surface area contributed by atoms with E-state index in [0.29, 0.717) is 0 Å². The number of hydrogen-bond acceptors (Lipinski definition) is 8. The smallest absolute Gasteiger partial charge is 0.258 e. The number of pyridine rings is 4. The van der Waals surface area contributed by atoms with E-state index in [1.54, 1.807) is 0 Å². The zero-order valence-corrected chi connectivity index (χ0v) is 32.2. The molecule has 0 radical (unpaired) electrons. The minimum atomic E-state index is -0.195. The standard InChI is InChI=1S/C50H32B2N8/c1-5-16-33(17-6-1)57-41-26-14-13-24-37(41)51-39-32-40-48(56-47(39)59(35-20-9-3-10-21-35)43-28-30-54-49(57)44(43)51)60(36-22-11-4-12-23-36)50-45-42(27-31-55-50)58(34-18-7-2-8-19-34)46-38(52(40)45)25-15-29-53-46/h1-32H. The van der Waals surface area contributed by atoms with Gasteiger partial charge in [-0.05, 0) is 106 Å². The number of anilines is 12. The van der Waals surface area contributed by atoms with Crippen LogP contribution in [0, 0.1) is 0 Å². The van der Waals surface area contributed by atoms with E-state index in [0.717, 1.165) is 96.2 Å². The van der Waals surface area contributed by atoms with Crippen molar-refractivity contribution in [1.82, 2.24) is 19.9 Å². The molecule has 8 heterocycles. The Balaban J connectivity index is 1.14. The number of aromatic nitrogens is 4. The van der Waals surface area contributed by atoms with Crippen LogP contribution in [0.5, 0.6) is 0 Å². The summed E-state index contributed by atoms with van der Waals surface area (Å²) in [6.07, 6.45) is 5.76. The van der Waals surface area contributed by atoms with Crippen LogP contribution in [0.25, 0.3) is 0 Å². The van der Waals surface area contributed by atoms with Gasteiger partial charge in [0.15, 0.2) is 0 Å². The lowest BCUT2D eigenvalue weighted by Gasteiger charge is -2.45. The largest absolute Gasteiger partial charge is 0.296 e. The van der Waals surface area contributed by atoms with Crippen molar-refractivity contribution in [3.63, 3.8) is 0 Å². The summed E-state index contributed by atoms with van der Waals surface area (Å²) in [6.45, 7) is -0.343. The van der Waals surface area contributed by atoms with E-state index in [9.17, 15) is 0 Å². The van der Waals surface area contributed by atoms with Gasteiger partial charge in [-0.15, -0.1) is 0 Å². The van der Waals surface area contributed by atoms with Crippen molar-refractivity contribution < 1.29 is 0 Å². The molecule has 0 bridgehead atoms. The minimum absolute atomic E-state index is 0.148. The summed E-state index contributed by atoms with van der Waals surface area (Å²) < 4.78 is 0. The summed E-state index contributed by atoms with van der Waals surface area (Å²) >= 11 is 0. The number of nitrogens with zero attached hydrogens (tertiary/aromatic N) is 8. The van der Waals surface area contributed by atoms with E-state index in [4.69, 9.17) is 19.9 Å². The zero-order valence-electron chi connectivity index (χ0n) is 32.2. The fraction of sp³-hybridized carbons (Fsp3) is 0. The Hall–Kier alpha value is -7.97. The van der Waals surface area contributed by atoms with Gasteiger partial charge in [-0.1, -0.05) is 103 Å². The molecule has 9 aromatic rings. The lowest BCUT2D eigenvalue weighted by atomic mass is 9.31. The highest BCUT2D eigenvalue weighted by molar-refractivity contribution is 7.02. The maximum Gasteiger partial charge on any atom is 0.258 e. The molecule has 0 amide bonds. The van der Waals surface area contributed by atoms with Gasteiger partial charge in [0, 0.05) is 58.4 Å². The first kappa shape index (κ1) is 33.0. The molecular weight excluding hydrogens is 734 g/mol.